The van der Waals surface area contributed by atoms with Gasteiger partial charge in [-0.15, -0.1) is 11.8 Å². The van der Waals surface area contributed by atoms with Crippen LogP contribution in [-0.2, 0) is 5.75 Å². The van der Waals surface area contributed by atoms with Crippen molar-refractivity contribution in [2.45, 2.75) is 38.7 Å². The number of benzene rings is 2. The second kappa shape index (κ2) is 6.95. The molecule has 1 atom stereocenters. The van der Waals surface area contributed by atoms with Gasteiger partial charge < -0.3 is 0 Å². The third-order valence-corrected chi connectivity index (χ3v) is 4.97. The molecule has 0 N–H and O–H groups in total. The van der Waals surface area contributed by atoms with Gasteiger partial charge >= 0.3 is 0 Å². The van der Waals surface area contributed by atoms with Gasteiger partial charge in [0, 0.05) is 11.3 Å². The molecular formula is C19H22OS. The van der Waals surface area contributed by atoms with E-state index in [-0.39, 0.29) is 11.0 Å². The van der Waals surface area contributed by atoms with E-state index in [0.29, 0.717) is 0 Å². The molecule has 2 heteroatoms. The van der Waals surface area contributed by atoms with Crippen molar-refractivity contribution in [3.63, 3.8) is 0 Å². The molecule has 0 aliphatic rings. The highest BCUT2D eigenvalue weighted by Crippen LogP contribution is 2.24. The summed E-state index contributed by atoms with van der Waals surface area (Å²) >= 11 is 1.71. The van der Waals surface area contributed by atoms with Gasteiger partial charge in [-0.3, -0.25) is 4.79 Å². The molecule has 0 spiro atoms. The number of hydrogen-bond acceptors (Lipinski definition) is 2. The van der Waals surface area contributed by atoms with Crippen LogP contribution in [0, 0.1) is 20.8 Å². The normalized spacial score (nSPS) is 12.2. The molecule has 0 fully saturated rings. The first kappa shape index (κ1) is 15.8. The molecule has 0 saturated carbocycles. The van der Waals surface area contributed by atoms with Crippen molar-refractivity contribution in [1.29, 1.82) is 0 Å². The fraction of sp³-hybridized carbons (Fsp3) is 0.316. The predicted molar refractivity (Wildman–Crippen MR) is 92.2 cm³/mol. The standard InChI is InChI=1S/C19H22OS/c1-13-9-10-15(3)18(11-13)19(20)16(4)21-12-17-8-6-5-7-14(17)2/h5-11,16H,12H2,1-4H3. The van der Waals surface area contributed by atoms with Crippen LogP contribution in [0.2, 0.25) is 0 Å². The maximum atomic E-state index is 12.6. The number of hydrogen-bond donors (Lipinski definition) is 0. The van der Waals surface area contributed by atoms with Crippen molar-refractivity contribution in [1.82, 2.24) is 0 Å². The third-order valence-electron chi connectivity index (χ3n) is 3.78. The second-order valence-electron chi connectivity index (χ2n) is 5.56. The summed E-state index contributed by atoms with van der Waals surface area (Å²) in [6, 6.07) is 14.4. The van der Waals surface area contributed by atoms with E-state index >= 15 is 0 Å². The molecule has 1 nitrogen and oxygen atoms in total. The van der Waals surface area contributed by atoms with E-state index in [9.17, 15) is 4.79 Å². The van der Waals surface area contributed by atoms with Crippen LogP contribution < -0.4 is 0 Å². The molecule has 0 amide bonds. The Kier molecular flexibility index (Phi) is 5.24. The Morgan fingerprint density at radius 3 is 2.48 bits per heavy atom. The lowest BCUT2D eigenvalue weighted by molar-refractivity contribution is 0.0993. The first-order valence-corrected chi connectivity index (χ1v) is 8.31. The Balaban J connectivity index is 2.06. The summed E-state index contributed by atoms with van der Waals surface area (Å²) in [4.78, 5) is 12.6. The van der Waals surface area contributed by atoms with E-state index in [2.05, 4.69) is 31.2 Å². The van der Waals surface area contributed by atoms with Crippen molar-refractivity contribution < 1.29 is 4.79 Å². The highest BCUT2D eigenvalue weighted by molar-refractivity contribution is 7.99. The average molecular weight is 298 g/mol. The van der Waals surface area contributed by atoms with Crippen molar-refractivity contribution in [3.8, 4) is 0 Å². The Morgan fingerprint density at radius 1 is 1.05 bits per heavy atom. The van der Waals surface area contributed by atoms with Crippen LogP contribution in [0.4, 0.5) is 0 Å². The highest BCUT2D eigenvalue weighted by atomic mass is 32.2. The minimum atomic E-state index is -0.0230. The summed E-state index contributed by atoms with van der Waals surface area (Å²) in [5, 5.41) is -0.0230. The van der Waals surface area contributed by atoms with Crippen LogP contribution in [0.1, 0.15) is 39.5 Å². The zero-order chi connectivity index (χ0) is 15.4. The quantitative estimate of drug-likeness (QED) is 0.713. The lowest BCUT2D eigenvalue weighted by Gasteiger charge is -2.13. The molecule has 0 saturated heterocycles. The van der Waals surface area contributed by atoms with Gasteiger partial charge in [-0.05, 0) is 50.5 Å². The summed E-state index contributed by atoms with van der Waals surface area (Å²) in [6.07, 6.45) is 0. The molecule has 0 aromatic heterocycles. The number of ketones is 1. The summed E-state index contributed by atoms with van der Waals surface area (Å²) in [5.74, 6) is 1.11. The number of thioether (sulfide) groups is 1. The third kappa shape index (κ3) is 3.98. The minimum Gasteiger partial charge on any atom is -0.293 e. The zero-order valence-corrected chi connectivity index (χ0v) is 14.0. The Morgan fingerprint density at radius 2 is 1.76 bits per heavy atom. The van der Waals surface area contributed by atoms with Gasteiger partial charge in [-0.25, -0.2) is 0 Å². The van der Waals surface area contributed by atoms with Gasteiger partial charge in [0.25, 0.3) is 0 Å². The van der Waals surface area contributed by atoms with Crippen LogP contribution >= 0.6 is 11.8 Å². The molecule has 1 unspecified atom stereocenters. The van der Waals surface area contributed by atoms with Crippen LogP contribution in [0.25, 0.3) is 0 Å². The highest BCUT2D eigenvalue weighted by Gasteiger charge is 2.18. The topological polar surface area (TPSA) is 17.1 Å². The first-order valence-electron chi connectivity index (χ1n) is 7.26. The maximum Gasteiger partial charge on any atom is 0.175 e. The summed E-state index contributed by atoms with van der Waals surface area (Å²) in [5.41, 5.74) is 5.66. The Hall–Kier alpha value is -1.54. The van der Waals surface area contributed by atoms with Crippen molar-refractivity contribution in [2.24, 2.45) is 0 Å². The monoisotopic (exact) mass is 298 g/mol. The SMILES string of the molecule is Cc1ccc(C)c(C(=O)C(C)SCc2ccccc2C)c1. The molecule has 2 rings (SSSR count). The van der Waals surface area contributed by atoms with Gasteiger partial charge in [-0.2, -0.15) is 0 Å². The number of Topliss-reactive ketones (excluding diaryl/α,β-unsaturated/α-hetero) is 1. The molecular weight excluding hydrogens is 276 g/mol. The lowest BCUT2D eigenvalue weighted by Crippen LogP contribution is -2.15. The Labute approximate surface area is 131 Å². The molecule has 0 aliphatic carbocycles. The van der Waals surface area contributed by atoms with Crippen LogP contribution in [0.15, 0.2) is 42.5 Å². The molecule has 2 aromatic rings. The van der Waals surface area contributed by atoms with E-state index in [0.717, 1.165) is 22.4 Å². The minimum absolute atomic E-state index is 0.0230. The van der Waals surface area contributed by atoms with E-state index in [1.807, 2.05) is 39.0 Å². The van der Waals surface area contributed by atoms with Crippen LogP contribution in [0.3, 0.4) is 0 Å². The molecule has 0 bridgehead atoms. The molecule has 2 aromatic carbocycles. The smallest absolute Gasteiger partial charge is 0.175 e. The molecule has 21 heavy (non-hydrogen) atoms. The zero-order valence-electron chi connectivity index (χ0n) is 13.1. The molecule has 0 heterocycles. The summed E-state index contributed by atoms with van der Waals surface area (Å²) in [6.45, 7) is 8.16. The Bertz CT molecular complexity index is 646. The van der Waals surface area contributed by atoms with Crippen molar-refractivity contribution in [3.05, 3.63) is 70.3 Å². The second-order valence-corrected chi connectivity index (χ2v) is 6.89. The van der Waals surface area contributed by atoms with E-state index in [1.54, 1.807) is 11.8 Å². The predicted octanol–water partition coefficient (Wildman–Crippen LogP) is 5.12. The van der Waals surface area contributed by atoms with Crippen molar-refractivity contribution >= 4 is 17.5 Å². The van der Waals surface area contributed by atoms with Gasteiger partial charge in [0.15, 0.2) is 5.78 Å². The molecule has 0 aliphatic heterocycles. The van der Waals surface area contributed by atoms with Crippen LogP contribution in [-0.4, -0.2) is 11.0 Å². The van der Waals surface area contributed by atoms with Gasteiger partial charge in [-0.1, -0.05) is 42.0 Å². The first-order chi connectivity index (χ1) is 9.99. The fourth-order valence-corrected chi connectivity index (χ4v) is 3.31. The van der Waals surface area contributed by atoms with Gasteiger partial charge in [0.1, 0.15) is 0 Å². The van der Waals surface area contributed by atoms with E-state index in [1.165, 1.54) is 11.1 Å². The lowest BCUT2D eigenvalue weighted by atomic mass is 10.0. The molecule has 110 valence electrons. The number of carbonyl (C=O) groups is 1. The fourth-order valence-electron chi connectivity index (χ4n) is 2.28. The number of aryl methyl sites for hydroxylation is 3. The maximum absolute atomic E-state index is 12.6. The number of carbonyl (C=O) groups excluding carboxylic acids is 1. The average Bonchev–Trinajstić information content (AvgIpc) is 2.48. The van der Waals surface area contributed by atoms with Crippen LogP contribution in [0.5, 0.6) is 0 Å². The van der Waals surface area contributed by atoms with E-state index < -0.39 is 0 Å². The number of rotatable bonds is 5. The largest absolute Gasteiger partial charge is 0.293 e. The van der Waals surface area contributed by atoms with Gasteiger partial charge in [0.05, 0.1) is 5.25 Å². The summed E-state index contributed by atoms with van der Waals surface area (Å²) < 4.78 is 0. The summed E-state index contributed by atoms with van der Waals surface area (Å²) in [7, 11) is 0. The van der Waals surface area contributed by atoms with Gasteiger partial charge in [0.2, 0.25) is 0 Å². The molecule has 0 radical (unpaired) electrons. The van der Waals surface area contributed by atoms with Crippen molar-refractivity contribution in [2.75, 3.05) is 0 Å². The van der Waals surface area contributed by atoms with E-state index in [4.69, 9.17) is 0 Å².